The first kappa shape index (κ1) is 12.1. The number of aromatic amines is 1. The highest BCUT2D eigenvalue weighted by molar-refractivity contribution is 6.08. The van der Waals surface area contributed by atoms with Crippen LogP contribution in [-0.2, 0) is 6.61 Å². The van der Waals surface area contributed by atoms with Crippen molar-refractivity contribution in [2.45, 2.75) is 12.7 Å². The van der Waals surface area contributed by atoms with Crippen molar-refractivity contribution in [1.82, 2.24) is 9.97 Å². The van der Waals surface area contributed by atoms with Crippen LogP contribution in [0, 0.1) is 0 Å². The fourth-order valence-corrected chi connectivity index (χ4v) is 2.33. The summed E-state index contributed by atoms with van der Waals surface area (Å²) in [4.78, 5) is 7.39. The number of H-pyrrole nitrogens is 1. The van der Waals surface area contributed by atoms with Gasteiger partial charge in [-0.15, -0.1) is 0 Å². The van der Waals surface area contributed by atoms with Gasteiger partial charge in [0, 0.05) is 16.3 Å². The average Bonchev–Trinajstić information content (AvgIpc) is 2.84. The standard InChI is InChI=1S/C14H14N2O3/c17-6-8-5-10-9-3-1-2-4-11(9)16-13(10)14(15-8)12(19)7-18/h1-5,12,16-19H,6-7H2. The number of fused-ring (bicyclic) bond motifs is 3. The number of nitrogens with zero attached hydrogens (tertiary/aromatic N) is 1. The molecule has 0 amide bonds. The van der Waals surface area contributed by atoms with Crippen LogP contribution in [0.4, 0.5) is 0 Å². The predicted octanol–water partition coefficient (Wildman–Crippen LogP) is 1.23. The first-order valence-corrected chi connectivity index (χ1v) is 6.04. The van der Waals surface area contributed by atoms with E-state index in [1.165, 1.54) is 0 Å². The van der Waals surface area contributed by atoms with Gasteiger partial charge in [-0.05, 0) is 12.1 Å². The number of rotatable bonds is 3. The highest BCUT2D eigenvalue weighted by atomic mass is 16.3. The third-order valence-corrected chi connectivity index (χ3v) is 3.23. The first-order valence-electron chi connectivity index (χ1n) is 6.04. The molecule has 2 heterocycles. The fraction of sp³-hybridized carbons (Fsp3) is 0.214. The van der Waals surface area contributed by atoms with Gasteiger partial charge in [0.1, 0.15) is 6.10 Å². The van der Waals surface area contributed by atoms with E-state index >= 15 is 0 Å². The molecule has 0 aliphatic carbocycles. The summed E-state index contributed by atoms with van der Waals surface area (Å²) in [6, 6.07) is 9.53. The van der Waals surface area contributed by atoms with Gasteiger partial charge >= 0.3 is 0 Å². The quantitative estimate of drug-likeness (QED) is 0.569. The van der Waals surface area contributed by atoms with Gasteiger partial charge in [-0.2, -0.15) is 0 Å². The van der Waals surface area contributed by atoms with Crippen LogP contribution in [0.25, 0.3) is 21.8 Å². The van der Waals surface area contributed by atoms with Gasteiger partial charge in [0.05, 0.1) is 30.1 Å². The maximum absolute atomic E-state index is 9.86. The molecule has 1 unspecified atom stereocenters. The van der Waals surface area contributed by atoms with Crippen molar-refractivity contribution in [2.75, 3.05) is 6.61 Å². The molecule has 1 atom stereocenters. The van der Waals surface area contributed by atoms with E-state index in [-0.39, 0.29) is 6.61 Å². The van der Waals surface area contributed by atoms with E-state index < -0.39 is 12.7 Å². The zero-order valence-electron chi connectivity index (χ0n) is 10.2. The Balaban J connectivity index is 2.40. The average molecular weight is 258 g/mol. The molecular weight excluding hydrogens is 244 g/mol. The topological polar surface area (TPSA) is 89.4 Å². The third-order valence-electron chi connectivity index (χ3n) is 3.23. The van der Waals surface area contributed by atoms with Gasteiger partial charge < -0.3 is 20.3 Å². The van der Waals surface area contributed by atoms with Crippen LogP contribution < -0.4 is 0 Å². The highest BCUT2D eigenvalue weighted by Gasteiger charge is 2.16. The van der Waals surface area contributed by atoms with Crippen LogP contribution >= 0.6 is 0 Å². The van der Waals surface area contributed by atoms with Crippen molar-refractivity contribution in [3.8, 4) is 0 Å². The number of hydrogen-bond donors (Lipinski definition) is 4. The molecule has 2 aromatic heterocycles. The van der Waals surface area contributed by atoms with Crippen LogP contribution in [0.5, 0.6) is 0 Å². The molecule has 1 aromatic carbocycles. The molecule has 0 radical (unpaired) electrons. The van der Waals surface area contributed by atoms with E-state index in [0.717, 1.165) is 16.3 Å². The van der Waals surface area contributed by atoms with E-state index in [1.807, 2.05) is 24.3 Å². The summed E-state index contributed by atoms with van der Waals surface area (Å²) < 4.78 is 0. The lowest BCUT2D eigenvalue weighted by Gasteiger charge is -2.09. The van der Waals surface area contributed by atoms with E-state index in [2.05, 4.69) is 9.97 Å². The second-order valence-electron chi connectivity index (χ2n) is 4.45. The number of para-hydroxylation sites is 1. The largest absolute Gasteiger partial charge is 0.393 e. The summed E-state index contributed by atoms with van der Waals surface area (Å²) >= 11 is 0. The minimum Gasteiger partial charge on any atom is -0.393 e. The Labute approximate surface area is 109 Å². The van der Waals surface area contributed by atoms with Crippen LogP contribution in [0.2, 0.25) is 0 Å². The monoisotopic (exact) mass is 258 g/mol. The van der Waals surface area contributed by atoms with Crippen molar-refractivity contribution >= 4 is 21.8 Å². The molecule has 5 nitrogen and oxygen atoms in total. The number of benzene rings is 1. The van der Waals surface area contributed by atoms with Gasteiger partial charge in [0.15, 0.2) is 0 Å². The summed E-state index contributed by atoms with van der Waals surface area (Å²) in [6.45, 7) is -0.618. The molecular formula is C14H14N2O3. The van der Waals surface area contributed by atoms with E-state index in [1.54, 1.807) is 6.07 Å². The van der Waals surface area contributed by atoms with Gasteiger partial charge in [0.2, 0.25) is 0 Å². The number of aliphatic hydroxyl groups excluding tert-OH is 3. The van der Waals surface area contributed by atoms with Crippen molar-refractivity contribution in [1.29, 1.82) is 0 Å². The predicted molar refractivity (Wildman–Crippen MR) is 71.6 cm³/mol. The van der Waals surface area contributed by atoms with Gasteiger partial charge in [-0.1, -0.05) is 18.2 Å². The molecule has 0 aliphatic heterocycles. The number of pyridine rings is 1. The molecule has 3 aromatic rings. The summed E-state index contributed by atoms with van der Waals surface area (Å²) in [5.41, 5.74) is 2.46. The normalized spacial score (nSPS) is 13.2. The lowest BCUT2D eigenvalue weighted by atomic mass is 10.1. The summed E-state index contributed by atoms with van der Waals surface area (Å²) in [7, 11) is 0. The van der Waals surface area contributed by atoms with Gasteiger partial charge in [-0.25, -0.2) is 0 Å². The molecule has 0 fully saturated rings. The van der Waals surface area contributed by atoms with Gasteiger partial charge in [0.25, 0.3) is 0 Å². The van der Waals surface area contributed by atoms with Crippen molar-refractivity contribution in [3.05, 3.63) is 41.7 Å². The zero-order valence-corrected chi connectivity index (χ0v) is 10.2. The van der Waals surface area contributed by atoms with E-state index in [4.69, 9.17) is 5.11 Å². The Kier molecular flexibility index (Phi) is 2.94. The number of aromatic nitrogens is 2. The SMILES string of the molecule is OCc1cc2c([nH]c3ccccc32)c(C(O)CO)n1. The van der Waals surface area contributed by atoms with Crippen LogP contribution in [0.15, 0.2) is 30.3 Å². The maximum atomic E-state index is 9.86. The Bertz CT molecular complexity index is 736. The fourth-order valence-electron chi connectivity index (χ4n) is 2.33. The summed E-state index contributed by atoms with van der Waals surface area (Å²) in [6.07, 6.45) is -1.07. The zero-order chi connectivity index (χ0) is 13.4. The molecule has 3 rings (SSSR count). The molecule has 98 valence electrons. The van der Waals surface area contributed by atoms with E-state index in [9.17, 15) is 10.2 Å². The molecule has 19 heavy (non-hydrogen) atoms. The van der Waals surface area contributed by atoms with Crippen molar-refractivity contribution < 1.29 is 15.3 Å². The van der Waals surface area contributed by atoms with Gasteiger partial charge in [-0.3, -0.25) is 4.98 Å². The van der Waals surface area contributed by atoms with Crippen LogP contribution in [-0.4, -0.2) is 31.9 Å². The molecule has 0 spiro atoms. The Morgan fingerprint density at radius 1 is 1.16 bits per heavy atom. The molecule has 0 bridgehead atoms. The first-order chi connectivity index (χ1) is 9.24. The summed E-state index contributed by atoms with van der Waals surface area (Å²) in [5, 5.41) is 30.1. The maximum Gasteiger partial charge on any atom is 0.121 e. The Morgan fingerprint density at radius 3 is 2.68 bits per heavy atom. The summed E-state index contributed by atoms with van der Waals surface area (Å²) in [5.74, 6) is 0. The van der Waals surface area contributed by atoms with E-state index in [0.29, 0.717) is 16.9 Å². The number of aliphatic hydroxyl groups is 3. The molecule has 5 heteroatoms. The minimum absolute atomic E-state index is 0.208. The number of hydrogen-bond acceptors (Lipinski definition) is 4. The second-order valence-corrected chi connectivity index (χ2v) is 4.45. The third kappa shape index (κ3) is 1.88. The highest BCUT2D eigenvalue weighted by Crippen LogP contribution is 2.30. The second kappa shape index (κ2) is 4.62. The minimum atomic E-state index is -1.07. The molecule has 0 saturated heterocycles. The molecule has 0 saturated carbocycles. The Morgan fingerprint density at radius 2 is 1.95 bits per heavy atom. The van der Waals surface area contributed by atoms with Crippen molar-refractivity contribution in [3.63, 3.8) is 0 Å². The number of nitrogens with one attached hydrogen (secondary N) is 1. The molecule has 0 aliphatic rings. The lowest BCUT2D eigenvalue weighted by molar-refractivity contribution is 0.0929. The van der Waals surface area contributed by atoms with Crippen molar-refractivity contribution in [2.24, 2.45) is 0 Å². The smallest absolute Gasteiger partial charge is 0.121 e. The van der Waals surface area contributed by atoms with Crippen LogP contribution in [0.3, 0.4) is 0 Å². The lowest BCUT2D eigenvalue weighted by Crippen LogP contribution is -2.07. The Hall–Kier alpha value is -1.95. The molecule has 4 N–H and O–H groups in total. The van der Waals surface area contributed by atoms with Crippen LogP contribution in [0.1, 0.15) is 17.5 Å².